The molecule has 5 nitrogen and oxygen atoms in total. The van der Waals surface area contributed by atoms with Gasteiger partial charge in [-0.1, -0.05) is 36.4 Å². The van der Waals surface area contributed by atoms with Crippen LogP contribution < -0.4 is 5.73 Å². The fourth-order valence-electron chi connectivity index (χ4n) is 3.72. The van der Waals surface area contributed by atoms with Crippen LogP contribution >= 0.6 is 0 Å². The number of ketones is 1. The minimum absolute atomic E-state index is 0.0369. The number of nitrogens with zero attached hydrogens (tertiary/aromatic N) is 1. The molecule has 2 heterocycles. The van der Waals surface area contributed by atoms with Crippen molar-refractivity contribution in [3.8, 4) is 0 Å². The largest absolute Gasteiger partial charge is 0.380 e. The third-order valence-electron chi connectivity index (χ3n) is 4.69. The van der Waals surface area contributed by atoms with Crippen molar-refractivity contribution in [3.05, 3.63) is 47.5 Å². The maximum atomic E-state index is 12.0. The number of amides is 1. The number of primary amides is 1. The van der Waals surface area contributed by atoms with Gasteiger partial charge in [0.25, 0.3) is 0 Å². The van der Waals surface area contributed by atoms with Crippen molar-refractivity contribution >= 4 is 11.7 Å². The second-order valence-corrected chi connectivity index (χ2v) is 6.25. The molecule has 1 aliphatic carbocycles. The number of fused-ring (bicyclic) bond motifs is 2. The molecule has 1 saturated heterocycles. The molecular weight excluding hydrogens is 280 g/mol. The summed E-state index contributed by atoms with van der Waals surface area (Å²) in [5.74, 6) is -0.913. The Hall–Kier alpha value is -1.98. The number of Topliss-reactive ketones (excluding diaryl/α,β-unsaturated/α-hetero) is 1. The Bertz CT molecular complexity index is 641. The first-order valence-electron chi connectivity index (χ1n) is 7.44. The van der Waals surface area contributed by atoms with E-state index in [1.807, 2.05) is 41.3 Å². The zero-order valence-corrected chi connectivity index (χ0v) is 12.5. The van der Waals surface area contributed by atoms with Crippen LogP contribution in [-0.4, -0.2) is 39.9 Å². The normalized spacial score (nSPS) is 30.9. The highest BCUT2D eigenvalue weighted by atomic mass is 16.3. The van der Waals surface area contributed by atoms with Crippen LogP contribution in [0.2, 0.25) is 0 Å². The number of hydrogen-bond donors (Lipinski definition) is 2. The van der Waals surface area contributed by atoms with E-state index in [0.29, 0.717) is 25.1 Å². The van der Waals surface area contributed by atoms with E-state index in [1.165, 1.54) is 6.92 Å². The lowest BCUT2D eigenvalue weighted by Gasteiger charge is -2.52. The third-order valence-corrected chi connectivity index (χ3v) is 4.69. The van der Waals surface area contributed by atoms with Crippen molar-refractivity contribution in [2.45, 2.75) is 31.5 Å². The van der Waals surface area contributed by atoms with Gasteiger partial charge in [-0.15, -0.1) is 0 Å². The van der Waals surface area contributed by atoms with Gasteiger partial charge >= 0.3 is 0 Å². The standard InChI is InChI=1S/C17H20N2O3/c1-11(20)17(22)8-13-7-14(16(18)21)15(17)19(10-13)9-12-5-3-2-4-6-12/h2-7,13,15,22H,8-10H2,1H3,(H2,18,21)/t13?,15-,17?/m0/s1. The lowest BCUT2D eigenvalue weighted by molar-refractivity contribution is -0.152. The molecule has 0 radical (unpaired) electrons. The highest BCUT2D eigenvalue weighted by Gasteiger charge is 2.55. The summed E-state index contributed by atoms with van der Waals surface area (Å²) in [6.07, 6.45) is 2.18. The zero-order chi connectivity index (χ0) is 15.9. The summed E-state index contributed by atoms with van der Waals surface area (Å²) in [6.45, 7) is 2.66. The SMILES string of the molecule is CC(=O)C1(O)CC2C=C(C(N)=O)[C@@H]1N(Cc1ccccc1)C2. The van der Waals surface area contributed by atoms with Crippen LogP contribution in [0.5, 0.6) is 0 Å². The van der Waals surface area contributed by atoms with Gasteiger partial charge in [-0.25, -0.2) is 0 Å². The lowest BCUT2D eigenvalue weighted by atomic mass is 9.68. The predicted octanol–water partition coefficient (Wildman–Crippen LogP) is 0.622. The third kappa shape index (κ3) is 2.36. The van der Waals surface area contributed by atoms with Crippen molar-refractivity contribution in [1.82, 2.24) is 4.90 Å². The van der Waals surface area contributed by atoms with Crippen molar-refractivity contribution in [3.63, 3.8) is 0 Å². The van der Waals surface area contributed by atoms with Gasteiger partial charge in [-0.05, 0) is 24.8 Å². The van der Waals surface area contributed by atoms with E-state index in [0.717, 1.165) is 5.56 Å². The monoisotopic (exact) mass is 300 g/mol. The van der Waals surface area contributed by atoms with Crippen LogP contribution in [0, 0.1) is 5.92 Å². The van der Waals surface area contributed by atoms with Gasteiger partial charge in [-0.2, -0.15) is 0 Å². The molecule has 0 aromatic heterocycles. The number of rotatable bonds is 4. The predicted molar refractivity (Wildman–Crippen MR) is 81.7 cm³/mol. The highest BCUT2D eigenvalue weighted by molar-refractivity contribution is 5.97. The summed E-state index contributed by atoms with van der Waals surface area (Å²) in [6, 6.07) is 9.14. The summed E-state index contributed by atoms with van der Waals surface area (Å²) in [5, 5.41) is 10.9. The van der Waals surface area contributed by atoms with E-state index < -0.39 is 17.6 Å². The molecule has 4 rings (SSSR count). The molecule has 3 atom stereocenters. The molecule has 2 unspecified atom stereocenters. The quantitative estimate of drug-likeness (QED) is 0.854. The molecule has 2 aliphatic heterocycles. The Kier molecular flexibility index (Phi) is 3.62. The Labute approximate surface area is 129 Å². The van der Waals surface area contributed by atoms with E-state index in [1.54, 1.807) is 0 Å². The lowest BCUT2D eigenvalue weighted by Crippen LogP contribution is -2.66. The van der Waals surface area contributed by atoms with E-state index in [2.05, 4.69) is 0 Å². The summed E-state index contributed by atoms with van der Waals surface area (Å²) in [4.78, 5) is 25.8. The van der Waals surface area contributed by atoms with E-state index >= 15 is 0 Å². The number of piperidine rings is 1. The molecule has 0 spiro atoms. The number of aliphatic hydroxyl groups is 1. The van der Waals surface area contributed by atoms with Crippen molar-refractivity contribution in [2.75, 3.05) is 6.54 Å². The Morgan fingerprint density at radius 1 is 1.36 bits per heavy atom. The number of hydrogen-bond acceptors (Lipinski definition) is 4. The molecule has 2 bridgehead atoms. The molecule has 5 heteroatoms. The number of nitrogens with two attached hydrogens (primary N) is 1. The van der Waals surface area contributed by atoms with Crippen LogP contribution in [0.4, 0.5) is 0 Å². The van der Waals surface area contributed by atoms with Gasteiger partial charge < -0.3 is 10.8 Å². The van der Waals surface area contributed by atoms with Gasteiger partial charge in [0.2, 0.25) is 5.91 Å². The summed E-state index contributed by atoms with van der Waals surface area (Å²) in [5.41, 5.74) is 5.37. The van der Waals surface area contributed by atoms with Crippen LogP contribution in [0.15, 0.2) is 42.0 Å². The molecule has 116 valence electrons. The number of benzene rings is 1. The Morgan fingerprint density at radius 3 is 2.64 bits per heavy atom. The van der Waals surface area contributed by atoms with Gasteiger partial charge in [0.15, 0.2) is 5.78 Å². The second-order valence-electron chi connectivity index (χ2n) is 6.25. The van der Waals surface area contributed by atoms with Crippen molar-refractivity contribution in [1.29, 1.82) is 0 Å². The Morgan fingerprint density at radius 2 is 2.05 bits per heavy atom. The molecule has 0 saturated carbocycles. The van der Waals surface area contributed by atoms with Gasteiger partial charge in [-0.3, -0.25) is 14.5 Å². The van der Waals surface area contributed by atoms with Gasteiger partial charge in [0.05, 0.1) is 6.04 Å². The number of carbonyl (C=O) groups excluding carboxylic acids is 2. The smallest absolute Gasteiger partial charge is 0.246 e. The average molecular weight is 300 g/mol. The van der Waals surface area contributed by atoms with Crippen LogP contribution in [-0.2, 0) is 16.1 Å². The molecule has 22 heavy (non-hydrogen) atoms. The van der Waals surface area contributed by atoms with Gasteiger partial charge in [0, 0.05) is 18.7 Å². The summed E-state index contributed by atoms with van der Waals surface area (Å²) >= 11 is 0. The van der Waals surface area contributed by atoms with Crippen LogP contribution in [0.1, 0.15) is 18.9 Å². The highest BCUT2D eigenvalue weighted by Crippen LogP contribution is 2.42. The Balaban J connectivity index is 1.97. The maximum absolute atomic E-state index is 12.0. The molecule has 1 aromatic carbocycles. The first-order chi connectivity index (χ1) is 10.4. The van der Waals surface area contributed by atoms with E-state index in [4.69, 9.17) is 5.73 Å². The number of carbonyl (C=O) groups is 2. The van der Waals surface area contributed by atoms with E-state index in [-0.39, 0.29) is 11.7 Å². The minimum atomic E-state index is -1.53. The van der Waals surface area contributed by atoms with Crippen molar-refractivity contribution in [2.24, 2.45) is 11.7 Å². The van der Waals surface area contributed by atoms with E-state index in [9.17, 15) is 14.7 Å². The van der Waals surface area contributed by atoms with Crippen molar-refractivity contribution < 1.29 is 14.7 Å². The van der Waals surface area contributed by atoms with Gasteiger partial charge in [0.1, 0.15) is 5.60 Å². The van der Waals surface area contributed by atoms with Crippen LogP contribution in [0.3, 0.4) is 0 Å². The fraction of sp³-hybridized carbons (Fsp3) is 0.412. The molecule has 3 aliphatic rings. The summed E-state index contributed by atoms with van der Waals surface area (Å²) in [7, 11) is 0. The minimum Gasteiger partial charge on any atom is -0.380 e. The first kappa shape index (κ1) is 14.9. The molecule has 3 N–H and O–H groups in total. The fourth-order valence-corrected chi connectivity index (χ4v) is 3.72. The zero-order valence-electron chi connectivity index (χ0n) is 12.5. The topological polar surface area (TPSA) is 83.6 Å². The molecule has 1 fully saturated rings. The molecular formula is C17H20N2O3. The van der Waals surface area contributed by atoms with Crippen LogP contribution in [0.25, 0.3) is 0 Å². The summed E-state index contributed by atoms with van der Waals surface area (Å²) < 4.78 is 0. The first-order valence-corrected chi connectivity index (χ1v) is 7.44. The molecule has 1 aromatic rings. The average Bonchev–Trinajstić information content (AvgIpc) is 2.47. The molecule has 1 amide bonds. The maximum Gasteiger partial charge on any atom is 0.246 e. The second kappa shape index (κ2) is 5.34.